The molecule has 1 N–H and O–H groups in total. The highest BCUT2D eigenvalue weighted by molar-refractivity contribution is 5.78. The lowest BCUT2D eigenvalue weighted by Crippen LogP contribution is -2.19. The molecule has 102 valence electrons. The van der Waals surface area contributed by atoms with Gasteiger partial charge in [-0.25, -0.2) is 4.39 Å². The molecule has 0 fully saturated rings. The highest BCUT2D eigenvalue weighted by atomic mass is 19.1. The number of aryl methyl sites for hydroxylation is 1. The first-order chi connectivity index (χ1) is 9.70. The molecule has 2 aromatic heterocycles. The van der Waals surface area contributed by atoms with Crippen LogP contribution in [-0.4, -0.2) is 12.0 Å². The second-order valence-electron chi connectivity index (χ2n) is 4.73. The summed E-state index contributed by atoms with van der Waals surface area (Å²) in [4.78, 5) is 4.40. The third kappa shape index (κ3) is 2.08. The van der Waals surface area contributed by atoms with Gasteiger partial charge in [0, 0.05) is 11.6 Å². The molecule has 4 heteroatoms. The minimum absolute atomic E-state index is 0.192. The van der Waals surface area contributed by atoms with Crippen molar-refractivity contribution in [2.45, 2.75) is 13.0 Å². The van der Waals surface area contributed by atoms with Gasteiger partial charge in [0.2, 0.25) is 0 Å². The summed E-state index contributed by atoms with van der Waals surface area (Å²) in [7, 11) is 1.84. The largest absolute Gasteiger partial charge is 0.456 e. The fourth-order valence-corrected chi connectivity index (χ4v) is 2.40. The van der Waals surface area contributed by atoms with Crippen molar-refractivity contribution >= 4 is 11.0 Å². The van der Waals surface area contributed by atoms with Crippen molar-refractivity contribution in [2.24, 2.45) is 0 Å². The number of para-hydroxylation sites is 1. The van der Waals surface area contributed by atoms with Gasteiger partial charge in [-0.3, -0.25) is 4.98 Å². The van der Waals surface area contributed by atoms with Crippen LogP contribution in [0.4, 0.5) is 4.39 Å². The summed E-state index contributed by atoms with van der Waals surface area (Å²) in [5.41, 5.74) is 2.23. The summed E-state index contributed by atoms with van der Waals surface area (Å²) in [5.74, 6) is 0.316. The number of hydrogen-bond donors (Lipinski definition) is 1. The van der Waals surface area contributed by atoms with E-state index in [2.05, 4.69) is 10.3 Å². The van der Waals surface area contributed by atoms with Crippen molar-refractivity contribution in [1.82, 2.24) is 10.3 Å². The Morgan fingerprint density at radius 1 is 1.25 bits per heavy atom. The standard InChI is InChI=1S/C16H15FN2O/c1-10-5-4-8-19-14(10)15(18-2)13-9-11-6-3-7-12(17)16(11)20-13/h3-9,15,18H,1-2H3. The Kier molecular flexibility index (Phi) is 3.24. The number of nitrogens with zero attached hydrogens (tertiary/aromatic N) is 1. The summed E-state index contributed by atoms with van der Waals surface area (Å²) in [6.45, 7) is 2.00. The molecule has 20 heavy (non-hydrogen) atoms. The van der Waals surface area contributed by atoms with Crippen molar-refractivity contribution in [3.05, 3.63) is 65.4 Å². The van der Waals surface area contributed by atoms with Crippen LogP contribution in [0.25, 0.3) is 11.0 Å². The summed E-state index contributed by atoms with van der Waals surface area (Å²) in [6.07, 6.45) is 1.75. The minimum atomic E-state index is -0.346. The monoisotopic (exact) mass is 270 g/mol. The number of halogens is 1. The van der Waals surface area contributed by atoms with Crippen LogP contribution in [0.5, 0.6) is 0 Å². The number of fused-ring (bicyclic) bond motifs is 1. The molecule has 1 atom stereocenters. The van der Waals surface area contributed by atoms with Gasteiger partial charge in [0.1, 0.15) is 11.8 Å². The van der Waals surface area contributed by atoms with Crippen LogP contribution in [0.1, 0.15) is 23.1 Å². The SMILES string of the molecule is CNC(c1cc2cccc(F)c2o1)c1ncccc1C. The summed E-state index contributed by atoms with van der Waals surface area (Å²) >= 11 is 0. The fraction of sp³-hybridized carbons (Fsp3) is 0.188. The first-order valence-electron chi connectivity index (χ1n) is 6.47. The molecule has 0 spiro atoms. The lowest BCUT2D eigenvalue weighted by atomic mass is 10.1. The molecule has 2 heterocycles. The van der Waals surface area contributed by atoms with Crippen LogP contribution < -0.4 is 5.32 Å². The van der Waals surface area contributed by atoms with E-state index in [9.17, 15) is 4.39 Å². The Labute approximate surface area is 116 Å². The van der Waals surface area contributed by atoms with E-state index in [0.717, 1.165) is 16.6 Å². The number of nitrogens with one attached hydrogen (secondary N) is 1. The van der Waals surface area contributed by atoms with Crippen molar-refractivity contribution in [3.8, 4) is 0 Å². The van der Waals surface area contributed by atoms with E-state index >= 15 is 0 Å². The lowest BCUT2D eigenvalue weighted by molar-refractivity contribution is 0.471. The zero-order valence-electron chi connectivity index (χ0n) is 11.4. The highest BCUT2D eigenvalue weighted by Gasteiger charge is 2.20. The third-order valence-electron chi connectivity index (χ3n) is 3.41. The molecule has 3 rings (SSSR count). The van der Waals surface area contributed by atoms with Crippen molar-refractivity contribution in [3.63, 3.8) is 0 Å². The van der Waals surface area contributed by atoms with Crippen LogP contribution in [0.2, 0.25) is 0 Å². The van der Waals surface area contributed by atoms with Gasteiger partial charge in [0.25, 0.3) is 0 Å². The molecule has 0 amide bonds. The van der Waals surface area contributed by atoms with Gasteiger partial charge in [0.15, 0.2) is 11.4 Å². The second-order valence-corrected chi connectivity index (χ2v) is 4.73. The number of aromatic nitrogens is 1. The number of furan rings is 1. The quantitative estimate of drug-likeness (QED) is 0.790. The van der Waals surface area contributed by atoms with Crippen LogP contribution in [0.15, 0.2) is 47.0 Å². The molecule has 3 aromatic rings. The maximum atomic E-state index is 13.7. The maximum absolute atomic E-state index is 13.7. The fourth-order valence-electron chi connectivity index (χ4n) is 2.40. The lowest BCUT2D eigenvalue weighted by Gasteiger charge is -2.14. The van der Waals surface area contributed by atoms with E-state index in [1.54, 1.807) is 12.3 Å². The number of pyridine rings is 1. The average molecular weight is 270 g/mol. The molecule has 0 aliphatic carbocycles. The van der Waals surface area contributed by atoms with Gasteiger partial charge >= 0.3 is 0 Å². The Bertz CT molecular complexity index is 751. The van der Waals surface area contributed by atoms with Crippen molar-refractivity contribution in [2.75, 3.05) is 7.05 Å². The summed E-state index contributed by atoms with van der Waals surface area (Å²) in [5, 5.41) is 3.94. The van der Waals surface area contributed by atoms with E-state index < -0.39 is 0 Å². The predicted octanol–water partition coefficient (Wildman–Crippen LogP) is 3.58. The second kappa shape index (κ2) is 5.06. The molecule has 0 aliphatic heterocycles. The third-order valence-corrected chi connectivity index (χ3v) is 3.41. The van der Waals surface area contributed by atoms with Crippen LogP contribution in [-0.2, 0) is 0 Å². The summed E-state index contributed by atoms with van der Waals surface area (Å²) < 4.78 is 19.4. The molecule has 0 bridgehead atoms. The molecule has 1 unspecified atom stereocenters. The zero-order chi connectivity index (χ0) is 14.1. The molecule has 0 saturated heterocycles. The van der Waals surface area contributed by atoms with E-state index in [-0.39, 0.29) is 17.4 Å². The van der Waals surface area contributed by atoms with Gasteiger partial charge in [-0.2, -0.15) is 0 Å². The smallest absolute Gasteiger partial charge is 0.169 e. The first kappa shape index (κ1) is 12.8. The zero-order valence-corrected chi connectivity index (χ0v) is 11.4. The van der Waals surface area contributed by atoms with E-state index in [1.807, 2.05) is 38.2 Å². The average Bonchev–Trinajstić information content (AvgIpc) is 2.87. The highest BCUT2D eigenvalue weighted by Crippen LogP contribution is 2.29. The Balaban J connectivity index is 2.12. The summed E-state index contributed by atoms with van der Waals surface area (Å²) in [6, 6.07) is 10.5. The number of hydrogen-bond acceptors (Lipinski definition) is 3. The van der Waals surface area contributed by atoms with Gasteiger partial charge in [-0.05, 0) is 37.7 Å². The molecule has 0 radical (unpaired) electrons. The molecular weight excluding hydrogens is 255 g/mol. The molecule has 0 saturated carbocycles. The number of benzene rings is 1. The Hall–Kier alpha value is -2.20. The van der Waals surface area contributed by atoms with E-state index in [1.165, 1.54) is 6.07 Å². The van der Waals surface area contributed by atoms with E-state index in [4.69, 9.17) is 4.42 Å². The van der Waals surface area contributed by atoms with Gasteiger partial charge in [0.05, 0.1) is 5.69 Å². The first-order valence-corrected chi connectivity index (χ1v) is 6.47. The topological polar surface area (TPSA) is 38.1 Å². The van der Waals surface area contributed by atoms with Crippen LogP contribution in [0.3, 0.4) is 0 Å². The molecule has 3 nitrogen and oxygen atoms in total. The Morgan fingerprint density at radius 2 is 2.10 bits per heavy atom. The normalized spacial score (nSPS) is 12.8. The number of rotatable bonds is 3. The van der Waals surface area contributed by atoms with E-state index in [0.29, 0.717) is 5.76 Å². The molecule has 1 aromatic carbocycles. The molecular formula is C16H15FN2O. The van der Waals surface area contributed by atoms with Gasteiger partial charge in [-0.15, -0.1) is 0 Å². The molecule has 0 aliphatic rings. The van der Waals surface area contributed by atoms with Crippen molar-refractivity contribution in [1.29, 1.82) is 0 Å². The minimum Gasteiger partial charge on any atom is -0.456 e. The van der Waals surface area contributed by atoms with Gasteiger partial charge in [-0.1, -0.05) is 18.2 Å². The van der Waals surface area contributed by atoms with Crippen molar-refractivity contribution < 1.29 is 8.81 Å². The van der Waals surface area contributed by atoms with Crippen LogP contribution >= 0.6 is 0 Å². The van der Waals surface area contributed by atoms with Crippen LogP contribution in [0, 0.1) is 12.7 Å². The predicted molar refractivity (Wildman–Crippen MR) is 76.0 cm³/mol. The Morgan fingerprint density at radius 3 is 2.80 bits per heavy atom. The van der Waals surface area contributed by atoms with Gasteiger partial charge < -0.3 is 9.73 Å². The maximum Gasteiger partial charge on any atom is 0.169 e.